The van der Waals surface area contributed by atoms with E-state index in [1.54, 1.807) is 6.92 Å². The minimum absolute atomic E-state index is 0.0260. The predicted octanol–water partition coefficient (Wildman–Crippen LogP) is 2.36. The average molecular weight is 226 g/mol. The number of carbonyl (C=O) groups is 1. The lowest BCUT2D eigenvalue weighted by molar-refractivity contribution is -0.138. The van der Waals surface area contributed by atoms with Gasteiger partial charge in [0.05, 0.1) is 6.10 Å². The molecule has 0 heterocycles. The number of hydrogen-bond donors (Lipinski definition) is 2. The Morgan fingerprint density at radius 3 is 2.44 bits per heavy atom. The van der Waals surface area contributed by atoms with Crippen molar-refractivity contribution in [3.8, 4) is 0 Å². The second kappa shape index (κ2) is 5.61. The first-order valence-corrected chi connectivity index (χ1v) is 5.14. The Balaban J connectivity index is 2.54. The molecule has 0 bridgehead atoms. The summed E-state index contributed by atoms with van der Waals surface area (Å²) in [5.74, 6) is -1.34. The topological polar surface area (TPSA) is 57.5 Å². The van der Waals surface area contributed by atoms with Crippen molar-refractivity contribution in [3.05, 3.63) is 35.6 Å². The van der Waals surface area contributed by atoms with Gasteiger partial charge < -0.3 is 10.2 Å². The molecule has 0 aliphatic carbocycles. The van der Waals surface area contributed by atoms with Crippen LogP contribution in [0.15, 0.2) is 24.3 Å². The molecule has 3 nitrogen and oxygen atoms in total. The molecule has 0 saturated heterocycles. The number of halogens is 1. The van der Waals surface area contributed by atoms with E-state index in [2.05, 4.69) is 0 Å². The van der Waals surface area contributed by atoms with Crippen LogP contribution in [0.5, 0.6) is 0 Å². The number of aliphatic carboxylic acids is 1. The van der Waals surface area contributed by atoms with Gasteiger partial charge in [0.25, 0.3) is 0 Å². The van der Waals surface area contributed by atoms with Gasteiger partial charge in [0.1, 0.15) is 5.82 Å². The lowest BCUT2D eigenvalue weighted by atomic mass is 9.96. The summed E-state index contributed by atoms with van der Waals surface area (Å²) in [7, 11) is 0. The number of hydrogen-bond acceptors (Lipinski definition) is 2. The third-order valence-electron chi connectivity index (χ3n) is 2.40. The molecule has 0 spiro atoms. The fraction of sp³-hybridized carbons (Fsp3) is 0.417. The van der Waals surface area contributed by atoms with Crippen molar-refractivity contribution in [2.75, 3.05) is 0 Å². The Morgan fingerprint density at radius 1 is 1.38 bits per heavy atom. The molecule has 4 heteroatoms. The lowest BCUT2D eigenvalue weighted by Gasteiger charge is -2.15. The fourth-order valence-corrected chi connectivity index (χ4v) is 1.58. The summed E-state index contributed by atoms with van der Waals surface area (Å²) in [4.78, 5) is 10.4. The normalized spacial score (nSPS) is 14.4. The SMILES string of the molecule is CC(CC(=O)O)CC(O)c1ccc(F)cc1. The molecular weight excluding hydrogens is 211 g/mol. The smallest absolute Gasteiger partial charge is 0.303 e. The number of rotatable bonds is 5. The Bertz CT molecular complexity index is 348. The summed E-state index contributed by atoms with van der Waals surface area (Å²) in [6, 6.07) is 5.57. The van der Waals surface area contributed by atoms with Gasteiger partial charge in [-0.3, -0.25) is 4.79 Å². The molecule has 2 atom stereocenters. The third kappa shape index (κ3) is 3.98. The van der Waals surface area contributed by atoms with Crippen LogP contribution in [0.25, 0.3) is 0 Å². The second-order valence-electron chi connectivity index (χ2n) is 4.01. The average Bonchev–Trinajstić information content (AvgIpc) is 2.16. The van der Waals surface area contributed by atoms with Crippen LogP contribution in [0.2, 0.25) is 0 Å². The van der Waals surface area contributed by atoms with Crippen LogP contribution in [-0.2, 0) is 4.79 Å². The van der Waals surface area contributed by atoms with E-state index < -0.39 is 12.1 Å². The van der Waals surface area contributed by atoms with Gasteiger partial charge in [0.15, 0.2) is 0 Å². The molecule has 0 aliphatic rings. The van der Waals surface area contributed by atoms with Crippen molar-refractivity contribution in [2.45, 2.75) is 25.9 Å². The van der Waals surface area contributed by atoms with Crippen LogP contribution in [0.4, 0.5) is 4.39 Å². The van der Waals surface area contributed by atoms with Crippen LogP contribution in [0, 0.1) is 11.7 Å². The van der Waals surface area contributed by atoms with Crippen molar-refractivity contribution >= 4 is 5.97 Å². The van der Waals surface area contributed by atoms with Gasteiger partial charge in [-0.15, -0.1) is 0 Å². The van der Waals surface area contributed by atoms with Gasteiger partial charge in [0, 0.05) is 6.42 Å². The van der Waals surface area contributed by atoms with Crippen molar-refractivity contribution in [3.63, 3.8) is 0 Å². The number of benzene rings is 1. The van der Waals surface area contributed by atoms with Gasteiger partial charge >= 0.3 is 5.97 Å². The highest BCUT2D eigenvalue weighted by Crippen LogP contribution is 2.22. The molecule has 2 N–H and O–H groups in total. The fourth-order valence-electron chi connectivity index (χ4n) is 1.58. The molecule has 0 radical (unpaired) electrons. The molecular formula is C12H15FO3. The van der Waals surface area contributed by atoms with Crippen LogP contribution < -0.4 is 0 Å². The Morgan fingerprint density at radius 2 is 1.94 bits per heavy atom. The zero-order valence-corrected chi connectivity index (χ0v) is 9.06. The second-order valence-corrected chi connectivity index (χ2v) is 4.01. The maximum Gasteiger partial charge on any atom is 0.303 e. The summed E-state index contributed by atoms with van der Waals surface area (Å²) in [5.41, 5.74) is 0.610. The van der Waals surface area contributed by atoms with E-state index in [1.807, 2.05) is 0 Å². The molecule has 1 rings (SSSR count). The highest BCUT2D eigenvalue weighted by atomic mass is 19.1. The summed E-state index contributed by atoms with van der Waals surface area (Å²) in [6.07, 6.45) is -0.356. The first kappa shape index (κ1) is 12.6. The highest BCUT2D eigenvalue weighted by Gasteiger charge is 2.14. The Labute approximate surface area is 93.5 Å². The number of carboxylic acids is 1. The van der Waals surface area contributed by atoms with Gasteiger partial charge in [0.2, 0.25) is 0 Å². The van der Waals surface area contributed by atoms with Gasteiger partial charge in [-0.2, -0.15) is 0 Å². The summed E-state index contributed by atoms with van der Waals surface area (Å²) >= 11 is 0. The summed E-state index contributed by atoms with van der Waals surface area (Å²) < 4.78 is 12.6. The molecule has 0 fully saturated rings. The number of carboxylic acid groups (broad SMARTS) is 1. The maximum atomic E-state index is 12.6. The molecule has 16 heavy (non-hydrogen) atoms. The first-order chi connectivity index (χ1) is 7.49. The van der Waals surface area contributed by atoms with Gasteiger partial charge in [-0.05, 0) is 30.0 Å². The van der Waals surface area contributed by atoms with Crippen molar-refractivity contribution in [1.82, 2.24) is 0 Å². The maximum absolute atomic E-state index is 12.6. The molecule has 0 amide bonds. The van der Waals surface area contributed by atoms with Crippen LogP contribution >= 0.6 is 0 Å². The van der Waals surface area contributed by atoms with E-state index in [-0.39, 0.29) is 18.2 Å². The molecule has 1 aromatic rings. The summed E-state index contributed by atoms with van der Waals surface area (Å²) in [6.45, 7) is 1.76. The molecule has 0 saturated carbocycles. The predicted molar refractivity (Wildman–Crippen MR) is 57.4 cm³/mol. The number of aliphatic hydroxyl groups excluding tert-OH is 1. The Hall–Kier alpha value is -1.42. The van der Waals surface area contributed by atoms with E-state index in [4.69, 9.17) is 5.11 Å². The lowest BCUT2D eigenvalue weighted by Crippen LogP contribution is -2.09. The van der Waals surface area contributed by atoms with Gasteiger partial charge in [-0.25, -0.2) is 4.39 Å². The van der Waals surface area contributed by atoms with Crippen molar-refractivity contribution < 1.29 is 19.4 Å². The minimum atomic E-state index is -0.876. The van der Waals surface area contributed by atoms with Gasteiger partial charge in [-0.1, -0.05) is 19.1 Å². The summed E-state index contributed by atoms with van der Waals surface area (Å²) in [5, 5.41) is 18.4. The molecule has 0 aliphatic heterocycles. The minimum Gasteiger partial charge on any atom is -0.481 e. The third-order valence-corrected chi connectivity index (χ3v) is 2.40. The van der Waals surface area contributed by atoms with E-state index in [9.17, 15) is 14.3 Å². The van der Waals surface area contributed by atoms with E-state index >= 15 is 0 Å². The van der Waals surface area contributed by atoms with Crippen LogP contribution in [0.1, 0.15) is 31.4 Å². The molecule has 1 aromatic carbocycles. The molecule has 88 valence electrons. The van der Waals surface area contributed by atoms with Crippen LogP contribution in [0.3, 0.4) is 0 Å². The first-order valence-electron chi connectivity index (χ1n) is 5.14. The monoisotopic (exact) mass is 226 g/mol. The van der Waals surface area contributed by atoms with Crippen molar-refractivity contribution in [2.24, 2.45) is 5.92 Å². The largest absolute Gasteiger partial charge is 0.481 e. The standard InChI is InChI=1S/C12H15FO3/c1-8(7-12(15)16)6-11(14)9-2-4-10(13)5-3-9/h2-5,8,11,14H,6-7H2,1H3,(H,15,16). The van der Waals surface area contributed by atoms with E-state index in [1.165, 1.54) is 24.3 Å². The molecule has 2 unspecified atom stereocenters. The van der Waals surface area contributed by atoms with E-state index in [0.717, 1.165) is 0 Å². The van der Waals surface area contributed by atoms with E-state index in [0.29, 0.717) is 12.0 Å². The molecule has 0 aromatic heterocycles. The van der Waals surface area contributed by atoms with Crippen molar-refractivity contribution in [1.29, 1.82) is 0 Å². The highest BCUT2D eigenvalue weighted by molar-refractivity contribution is 5.66. The zero-order chi connectivity index (χ0) is 12.1. The zero-order valence-electron chi connectivity index (χ0n) is 9.06. The quantitative estimate of drug-likeness (QED) is 0.810. The number of aliphatic hydroxyl groups is 1. The van der Waals surface area contributed by atoms with Crippen LogP contribution in [-0.4, -0.2) is 16.2 Å². The Kier molecular flexibility index (Phi) is 4.43.